The zero-order valence-electron chi connectivity index (χ0n) is 22.6. The number of hydrogen-bond donors (Lipinski definition) is 2. The second-order valence-corrected chi connectivity index (χ2v) is 12.7. The van der Waals surface area contributed by atoms with Gasteiger partial charge in [-0.3, -0.25) is 19.2 Å². The molecule has 0 bridgehead atoms. The Morgan fingerprint density at radius 1 is 1.05 bits per heavy atom. The molecule has 2 aliphatic rings. The third kappa shape index (κ3) is 5.51. The number of aromatic nitrogens is 1. The molecule has 6 rings (SSSR count). The first-order valence-corrected chi connectivity index (χ1v) is 15.2. The number of para-hydroxylation sites is 1. The highest BCUT2D eigenvalue weighted by molar-refractivity contribution is 8.00. The fraction of sp³-hybridized carbons (Fsp3) is 0.200. The number of nitrogens with one attached hydrogen (secondary N) is 2. The average Bonchev–Trinajstić information content (AvgIpc) is 3.47. The van der Waals surface area contributed by atoms with Crippen molar-refractivity contribution >= 4 is 63.8 Å². The lowest BCUT2D eigenvalue weighted by Crippen LogP contribution is -2.32. The number of hydrogen-bond acceptors (Lipinski definition) is 7. The van der Waals surface area contributed by atoms with E-state index in [0.717, 1.165) is 51.8 Å². The number of benzene rings is 3. The van der Waals surface area contributed by atoms with E-state index in [-0.39, 0.29) is 16.5 Å². The monoisotopic (exact) mass is 659 g/mol. The third-order valence-electron chi connectivity index (χ3n) is 7.34. The molecule has 1 fully saturated rings. The predicted octanol–water partition coefficient (Wildman–Crippen LogP) is 6.23. The summed E-state index contributed by atoms with van der Waals surface area (Å²) in [6.45, 7) is 1.44. The van der Waals surface area contributed by atoms with Crippen molar-refractivity contribution in [1.29, 1.82) is 0 Å². The summed E-state index contributed by atoms with van der Waals surface area (Å²) >= 11 is 8.20. The summed E-state index contributed by atoms with van der Waals surface area (Å²) in [5.41, 5.74) is 0.586. The number of carbonyl (C=O) groups is 3. The normalized spacial score (nSPS) is 19.5. The molecule has 226 valence electrons. The van der Waals surface area contributed by atoms with Crippen molar-refractivity contribution < 1.29 is 32.3 Å². The summed E-state index contributed by atoms with van der Waals surface area (Å²) in [4.78, 5) is 56.4. The van der Waals surface area contributed by atoms with Crippen LogP contribution in [0.15, 0.2) is 76.6 Å². The molecular formula is C30H21ClF3N3O5S2. The predicted molar refractivity (Wildman–Crippen MR) is 161 cm³/mol. The van der Waals surface area contributed by atoms with Crippen molar-refractivity contribution in [1.82, 2.24) is 4.98 Å². The fourth-order valence-electron chi connectivity index (χ4n) is 5.36. The third-order valence-corrected chi connectivity index (χ3v) is 9.98. The smallest absolute Gasteiger partial charge is 0.416 e. The Hall–Kier alpha value is -4.07. The number of rotatable bonds is 6. The maximum Gasteiger partial charge on any atom is 0.416 e. The molecule has 3 heterocycles. The van der Waals surface area contributed by atoms with Crippen molar-refractivity contribution in [2.24, 2.45) is 5.92 Å². The van der Waals surface area contributed by atoms with Crippen LogP contribution in [0.2, 0.25) is 5.02 Å². The molecule has 0 unspecified atom stereocenters. The molecule has 8 nitrogen and oxygen atoms in total. The van der Waals surface area contributed by atoms with Crippen LogP contribution in [0.4, 0.5) is 24.5 Å². The Morgan fingerprint density at radius 2 is 1.82 bits per heavy atom. The first-order valence-electron chi connectivity index (χ1n) is 13.1. The van der Waals surface area contributed by atoms with Crippen LogP contribution in [0.25, 0.3) is 0 Å². The van der Waals surface area contributed by atoms with E-state index in [4.69, 9.17) is 16.3 Å². The quantitative estimate of drug-likeness (QED) is 0.238. The van der Waals surface area contributed by atoms with Gasteiger partial charge in [0.25, 0.3) is 5.91 Å². The number of aryl methyl sites for hydroxylation is 1. The number of imide groups is 1. The molecule has 14 heteroatoms. The van der Waals surface area contributed by atoms with Crippen molar-refractivity contribution in [3.8, 4) is 5.75 Å². The summed E-state index contributed by atoms with van der Waals surface area (Å²) in [5.74, 6) is -3.74. The number of H-pyrrole nitrogens is 1. The zero-order chi connectivity index (χ0) is 31.3. The van der Waals surface area contributed by atoms with Crippen molar-refractivity contribution in [3.63, 3.8) is 0 Å². The maximum atomic E-state index is 14.0. The van der Waals surface area contributed by atoms with E-state index in [1.54, 1.807) is 12.1 Å². The molecule has 1 saturated heterocycles. The number of alkyl halides is 3. The number of anilines is 2. The van der Waals surface area contributed by atoms with Crippen LogP contribution < -0.4 is 19.8 Å². The van der Waals surface area contributed by atoms with Gasteiger partial charge in [0.2, 0.25) is 11.8 Å². The van der Waals surface area contributed by atoms with Gasteiger partial charge in [-0.15, -0.1) is 0 Å². The van der Waals surface area contributed by atoms with E-state index < -0.39 is 58.0 Å². The second kappa shape index (κ2) is 11.5. The fourth-order valence-corrected chi connectivity index (χ4v) is 8.05. The minimum absolute atomic E-state index is 0.189. The molecule has 0 radical (unpaired) electrons. The molecule has 3 amide bonds. The number of ether oxygens (including phenoxy) is 1. The Labute approximate surface area is 261 Å². The minimum atomic E-state index is -4.69. The second-order valence-electron chi connectivity index (χ2n) is 10.1. The van der Waals surface area contributed by atoms with Gasteiger partial charge in [0.1, 0.15) is 11.0 Å². The largest absolute Gasteiger partial charge is 0.483 e. The molecule has 0 spiro atoms. The summed E-state index contributed by atoms with van der Waals surface area (Å²) in [6.07, 6.45) is -4.69. The van der Waals surface area contributed by atoms with Gasteiger partial charge in [-0.25, -0.2) is 4.90 Å². The number of thiazole rings is 1. The SMILES string of the molecule is Cc1ccccc1NC(=O)COc1ccc(Cl)cc1[C@@H]1c2sc(=O)[nH]c2S[C@H]2C(=O)N(c3cccc(C(F)(F)F)c3)C(=O)[C@@H]12. The van der Waals surface area contributed by atoms with Gasteiger partial charge in [-0.2, -0.15) is 13.2 Å². The van der Waals surface area contributed by atoms with Crippen LogP contribution in [-0.2, 0) is 20.6 Å². The molecule has 44 heavy (non-hydrogen) atoms. The molecule has 0 saturated carbocycles. The van der Waals surface area contributed by atoms with Crippen molar-refractivity contribution in [2.45, 2.75) is 29.3 Å². The van der Waals surface area contributed by atoms with Crippen LogP contribution in [0.5, 0.6) is 5.75 Å². The zero-order valence-corrected chi connectivity index (χ0v) is 25.0. The van der Waals surface area contributed by atoms with Crippen LogP contribution in [0.1, 0.15) is 27.5 Å². The average molecular weight is 660 g/mol. The number of aromatic amines is 1. The van der Waals surface area contributed by atoms with Crippen LogP contribution >= 0.6 is 34.7 Å². The molecule has 3 atom stereocenters. The van der Waals surface area contributed by atoms with Crippen LogP contribution in [0, 0.1) is 12.8 Å². The van der Waals surface area contributed by atoms with E-state index in [1.165, 1.54) is 24.3 Å². The number of carbonyl (C=O) groups excluding carboxylic acids is 3. The summed E-state index contributed by atoms with van der Waals surface area (Å²) in [7, 11) is 0. The number of halogens is 4. The summed E-state index contributed by atoms with van der Waals surface area (Å²) < 4.78 is 46.4. The molecule has 0 aliphatic carbocycles. The lowest BCUT2D eigenvalue weighted by Gasteiger charge is -2.31. The Morgan fingerprint density at radius 3 is 2.57 bits per heavy atom. The number of fused-ring (bicyclic) bond motifs is 2. The first-order chi connectivity index (χ1) is 20.9. The molecular weight excluding hydrogens is 639 g/mol. The van der Waals surface area contributed by atoms with Gasteiger partial charge in [0.15, 0.2) is 6.61 Å². The van der Waals surface area contributed by atoms with E-state index >= 15 is 0 Å². The Balaban J connectivity index is 1.37. The highest BCUT2D eigenvalue weighted by Gasteiger charge is 2.57. The van der Waals surface area contributed by atoms with E-state index in [1.807, 2.05) is 19.1 Å². The highest BCUT2D eigenvalue weighted by Crippen LogP contribution is 2.55. The molecule has 4 aromatic rings. The molecule has 3 aromatic carbocycles. The summed E-state index contributed by atoms with van der Waals surface area (Å²) in [5, 5.41) is 2.34. The topological polar surface area (TPSA) is 109 Å². The van der Waals surface area contributed by atoms with E-state index in [2.05, 4.69) is 10.3 Å². The van der Waals surface area contributed by atoms with Crippen LogP contribution in [0.3, 0.4) is 0 Å². The van der Waals surface area contributed by atoms with Crippen molar-refractivity contribution in [2.75, 3.05) is 16.8 Å². The lowest BCUT2D eigenvalue weighted by molar-refractivity contribution is -0.137. The van der Waals surface area contributed by atoms with Gasteiger partial charge in [0.05, 0.1) is 22.2 Å². The van der Waals surface area contributed by atoms with Crippen molar-refractivity contribution in [3.05, 3.63) is 103 Å². The maximum absolute atomic E-state index is 14.0. The first kappa shape index (κ1) is 30.0. The lowest BCUT2D eigenvalue weighted by atomic mass is 9.82. The van der Waals surface area contributed by atoms with Crippen LogP contribution in [-0.4, -0.2) is 34.6 Å². The highest BCUT2D eigenvalue weighted by atomic mass is 35.5. The molecule has 1 aromatic heterocycles. The standard InChI is InChI=1S/C30H21ClF3N3O5S2/c1-14-5-2-3-8-19(14)35-21(38)13-42-20-10-9-16(31)12-18(20)22-23-25(43-26-24(22)44-29(41)36-26)28(40)37(27(23)39)17-7-4-6-15(11-17)30(32,33)34/h2-12,22-23,25H,13H2,1H3,(H,35,38)(H,36,41)/t22-,23-,25+/m0/s1. The van der Waals surface area contributed by atoms with Gasteiger partial charge in [-0.1, -0.05) is 59.0 Å². The number of thioether (sulfide) groups is 1. The minimum Gasteiger partial charge on any atom is -0.483 e. The van der Waals surface area contributed by atoms with Gasteiger partial charge < -0.3 is 15.0 Å². The van der Waals surface area contributed by atoms with Gasteiger partial charge >= 0.3 is 11.0 Å². The molecule has 2 N–H and O–H groups in total. The van der Waals surface area contributed by atoms with E-state index in [9.17, 15) is 32.3 Å². The number of amides is 3. The van der Waals surface area contributed by atoms with E-state index in [0.29, 0.717) is 21.2 Å². The number of nitrogens with zero attached hydrogens (tertiary/aromatic N) is 1. The Kier molecular flexibility index (Phi) is 7.80. The van der Waals surface area contributed by atoms with Gasteiger partial charge in [0, 0.05) is 27.1 Å². The Bertz CT molecular complexity index is 1870. The van der Waals surface area contributed by atoms with Gasteiger partial charge in [-0.05, 0) is 55.0 Å². The molecule has 2 aliphatic heterocycles. The summed E-state index contributed by atoms with van der Waals surface area (Å²) in [6, 6.07) is 15.8.